The van der Waals surface area contributed by atoms with Gasteiger partial charge in [0.05, 0.1) is 4.90 Å². The minimum Gasteiger partial charge on any atom is -0.211 e. The molecule has 1 fully saturated rings. The Bertz CT molecular complexity index is 571. The molecule has 0 saturated heterocycles. The molecule has 1 aliphatic carbocycles. The average Bonchev–Trinajstić information content (AvgIpc) is 2.87. The van der Waals surface area contributed by atoms with Crippen molar-refractivity contribution in [1.82, 2.24) is 4.72 Å². The van der Waals surface area contributed by atoms with Crippen molar-refractivity contribution >= 4 is 21.6 Å². The third-order valence-electron chi connectivity index (χ3n) is 4.34. The molecule has 0 radical (unpaired) electrons. The summed E-state index contributed by atoms with van der Waals surface area (Å²) in [5, 5.41) is 0. The molecule has 0 bridgehead atoms. The predicted octanol–water partition coefficient (Wildman–Crippen LogP) is 3.24. The molecule has 0 aromatic heterocycles. The molecular formula is C15H22ClNO2S. The first-order valence-corrected chi connectivity index (χ1v) is 9.08. The van der Waals surface area contributed by atoms with Crippen LogP contribution in [-0.4, -0.2) is 20.8 Å². The number of sulfonamides is 1. The van der Waals surface area contributed by atoms with E-state index in [0.29, 0.717) is 29.2 Å². The third-order valence-corrected chi connectivity index (χ3v) is 6.16. The molecule has 0 heterocycles. The summed E-state index contributed by atoms with van der Waals surface area (Å²) >= 11 is 5.93. The van der Waals surface area contributed by atoms with Crippen molar-refractivity contribution in [3.63, 3.8) is 0 Å². The molecule has 1 aromatic rings. The summed E-state index contributed by atoms with van der Waals surface area (Å²) in [4.78, 5) is 0.348. The van der Waals surface area contributed by atoms with Crippen molar-refractivity contribution in [1.29, 1.82) is 0 Å². The molecule has 0 aliphatic heterocycles. The Labute approximate surface area is 126 Å². The SMILES string of the molecule is Cc1ccc(S(=O)(=O)NCC2CCCC2CCl)cc1C. The van der Waals surface area contributed by atoms with Crippen molar-refractivity contribution in [2.45, 2.75) is 38.0 Å². The maximum atomic E-state index is 12.3. The first-order valence-electron chi connectivity index (χ1n) is 7.07. The van der Waals surface area contributed by atoms with Gasteiger partial charge in [-0.05, 0) is 61.8 Å². The molecule has 1 aromatic carbocycles. The first kappa shape index (κ1) is 15.8. The lowest BCUT2D eigenvalue weighted by Crippen LogP contribution is -2.31. The van der Waals surface area contributed by atoms with Crippen LogP contribution in [0, 0.1) is 25.7 Å². The van der Waals surface area contributed by atoms with Gasteiger partial charge in [-0.15, -0.1) is 11.6 Å². The number of alkyl halides is 1. The summed E-state index contributed by atoms with van der Waals surface area (Å²) in [5.41, 5.74) is 2.09. The van der Waals surface area contributed by atoms with Crippen molar-refractivity contribution in [3.8, 4) is 0 Å². The van der Waals surface area contributed by atoms with E-state index in [-0.39, 0.29) is 0 Å². The number of rotatable bonds is 5. The molecule has 1 N–H and O–H groups in total. The molecule has 1 saturated carbocycles. The lowest BCUT2D eigenvalue weighted by atomic mass is 9.98. The maximum Gasteiger partial charge on any atom is 0.240 e. The Balaban J connectivity index is 2.05. The quantitative estimate of drug-likeness (QED) is 0.848. The van der Waals surface area contributed by atoms with E-state index in [1.807, 2.05) is 19.9 Å². The van der Waals surface area contributed by atoms with E-state index in [9.17, 15) is 8.42 Å². The number of aryl methyl sites for hydroxylation is 2. The van der Waals surface area contributed by atoms with E-state index < -0.39 is 10.0 Å². The highest BCUT2D eigenvalue weighted by Gasteiger charge is 2.27. The fourth-order valence-electron chi connectivity index (χ4n) is 2.77. The zero-order valence-corrected chi connectivity index (χ0v) is 13.6. The zero-order valence-electron chi connectivity index (χ0n) is 12.0. The highest BCUT2D eigenvalue weighted by atomic mass is 35.5. The molecule has 0 amide bonds. The van der Waals surface area contributed by atoms with Gasteiger partial charge in [0.25, 0.3) is 0 Å². The van der Waals surface area contributed by atoms with Gasteiger partial charge < -0.3 is 0 Å². The molecule has 5 heteroatoms. The van der Waals surface area contributed by atoms with Crippen LogP contribution < -0.4 is 4.72 Å². The van der Waals surface area contributed by atoms with Gasteiger partial charge in [0.1, 0.15) is 0 Å². The largest absolute Gasteiger partial charge is 0.240 e. The van der Waals surface area contributed by atoms with Crippen LogP contribution in [0.2, 0.25) is 0 Å². The van der Waals surface area contributed by atoms with Crippen LogP contribution in [-0.2, 0) is 10.0 Å². The van der Waals surface area contributed by atoms with E-state index in [1.54, 1.807) is 12.1 Å². The second-order valence-corrected chi connectivity index (χ2v) is 7.78. The van der Waals surface area contributed by atoms with Crippen LogP contribution in [0.15, 0.2) is 23.1 Å². The summed E-state index contributed by atoms with van der Waals surface area (Å²) in [5.74, 6) is 1.43. The summed E-state index contributed by atoms with van der Waals surface area (Å²) in [6.45, 7) is 4.39. The minimum atomic E-state index is -3.41. The third kappa shape index (κ3) is 3.54. The van der Waals surface area contributed by atoms with E-state index in [2.05, 4.69) is 4.72 Å². The van der Waals surface area contributed by atoms with Gasteiger partial charge in [0.2, 0.25) is 10.0 Å². The molecule has 20 heavy (non-hydrogen) atoms. The molecular weight excluding hydrogens is 294 g/mol. The highest BCUT2D eigenvalue weighted by Crippen LogP contribution is 2.32. The van der Waals surface area contributed by atoms with Crippen molar-refractivity contribution in [2.75, 3.05) is 12.4 Å². The van der Waals surface area contributed by atoms with Crippen LogP contribution >= 0.6 is 11.6 Å². The maximum absolute atomic E-state index is 12.3. The average molecular weight is 316 g/mol. The second kappa shape index (κ2) is 6.46. The van der Waals surface area contributed by atoms with Gasteiger partial charge in [-0.3, -0.25) is 0 Å². The Morgan fingerprint density at radius 1 is 1.20 bits per heavy atom. The summed E-state index contributed by atoms with van der Waals surface area (Å²) < 4.78 is 27.3. The topological polar surface area (TPSA) is 46.2 Å². The van der Waals surface area contributed by atoms with E-state index in [1.165, 1.54) is 0 Å². The van der Waals surface area contributed by atoms with Crippen molar-refractivity contribution in [3.05, 3.63) is 29.3 Å². The van der Waals surface area contributed by atoms with Gasteiger partial charge in [-0.1, -0.05) is 12.5 Å². The lowest BCUT2D eigenvalue weighted by Gasteiger charge is -2.18. The first-order chi connectivity index (χ1) is 9.44. The molecule has 2 unspecified atom stereocenters. The number of benzene rings is 1. The summed E-state index contributed by atoms with van der Waals surface area (Å²) in [6.07, 6.45) is 3.32. The minimum absolute atomic E-state index is 0.348. The smallest absolute Gasteiger partial charge is 0.211 e. The fraction of sp³-hybridized carbons (Fsp3) is 0.600. The van der Waals surface area contributed by atoms with Crippen LogP contribution in [0.25, 0.3) is 0 Å². The second-order valence-electron chi connectivity index (χ2n) is 5.70. The van der Waals surface area contributed by atoms with Gasteiger partial charge in [-0.25, -0.2) is 13.1 Å². The normalized spacial score (nSPS) is 23.1. The van der Waals surface area contributed by atoms with Crippen LogP contribution in [0.1, 0.15) is 30.4 Å². The monoisotopic (exact) mass is 315 g/mol. The van der Waals surface area contributed by atoms with Gasteiger partial charge in [0, 0.05) is 12.4 Å². The zero-order chi connectivity index (χ0) is 14.8. The number of hydrogen-bond donors (Lipinski definition) is 1. The lowest BCUT2D eigenvalue weighted by molar-refractivity contribution is 0.418. The van der Waals surface area contributed by atoms with E-state index in [0.717, 1.165) is 30.4 Å². The number of hydrogen-bond acceptors (Lipinski definition) is 2. The molecule has 2 atom stereocenters. The number of nitrogens with one attached hydrogen (secondary N) is 1. The van der Waals surface area contributed by atoms with Crippen LogP contribution in [0.3, 0.4) is 0 Å². The molecule has 1 aliphatic rings. The van der Waals surface area contributed by atoms with Gasteiger partial charge in [0.15, 0.2) is 0 Å². The standard InChI is InChI=1S/C15H22ClNO2S/c1-11-6-7-15(8-12(11)2)20(18,19)17-10-14-5-3-4-13(14)9-16/h6-8,13-14,17H,3-5,9-10H2,1-2H3. The molecule has 2 rings (SSSR count). The van der Waals surface area contributed by atoms with Gasteiger partial charge >= 0.3 is 0 Å². The molecule has 112 valence electrons. The highest BCUT2D eigenvalue weighted by molar-refractivity contribution is 7.89. The Hall–Kier alpha value is -0.580. The molecule has 3 nitrogen and oxygen atoms in total. The summed E-state index contributed by atoms with van der Waals surface area (Å²) in [6, 6.07) is 5.24. The van der Waals surface area contributed by atoms with Crippen molar-refractivity contribution < 1.29 is 8.42 Å². The fourth-order valence-corrected chi connectivity index (χ4v) is 4.35. The Kier molecular flexibility index (Phi) is 5.10. The summed E-state index contributed by atoms with van der Waals surface area (Å²) in [7, 11) is -3.41. The Morgan fingerprint density at radius 3 is 2.55 bits per heavy atom. The predicted molar refractivity (Wildman–Crippen MR) is 82.7 cm³/mol. The van der Waals surface area contributed by atoms with Crippen LogP contribution in [0.5, 0.6) is 0 Å². The van der Waals surface area contributed by atoms with E-state index in [4.69, 9.17) is 11.6 Å². The van der Waals surface area contributed by atoms with E-state index >= 15 is 0 Å². The Morgan fingerprint density at radius 2 is 1.90 bits per heavy atom. The molecule has 0 spiro atoms. The van der Waals surface area contributed by atoms with Crippen molar-refractivity contribution in [2.24, 2.45) is 11.8 Å². The van der Waals surface area contributed by atoms with Gasteiger partial charge in [-0.2, -0.15) is 0 Å². The van der Waals surface area contributed by atoms with Crippen LogP contribution in [0.4, 0.5) is 0 Å². The number of halogens is 1.